The van der Waals surface area contributed by atoms with Crippen molar-refractivity contribution in [1.82, 2.24) is 0 Å². The predicted molar refractivity (Wildman–Crippen MR) is 119 cm³/mol. The molecule has 2 aromatic heterocycles. The maximum atomic E-state index is 13.0. The molecule has 2 N–H and O–H groups in total. The average Bonchev–Trinajstić information content (AvgIpc) is 2.72. The van der Waals surface area contributed by atoms with Crippen molar-refractivity contribution in [2.24, 2.45) is 0 Å². The number of hydrogen-bond donors (Lipinski definition) is 2. The van der Waals surface area contributed by atoms with Gasteiger partial charge in [0.15, 0.2) is 10.9 Å². The molecule has 0 unspecified atom stereocenters. The van der Waals surface area contributed by atoms with Crippen LogP contribution in [0.2, 0.25) is 0 Å². The zero-order valence-electron chi connectivity index (χ0n) is 15.0. The van der Waals surface area contributed by atoms with Crippen molar-refractivity contribution in [3.05, 3.63) is 80.1 Å². The van der Waals surface area contributed by atoms with Gasteiger partial charge in [-0.3, -0.25) is 9.59 Å². The van der Waals surface area contributed by atoms with E-state index >= 15 is 0 Å². The van der Waals surface area contributed by atoms with Crippen molar-refractivity contribution in [3.8, 4) is 0 Å². The van der Waals surface area contributed by atoms with Crippen LogP contribution in [-0.2, 0) is 0 Å². The van der Waals surface area contributed by atoms with Crippen LogP contribution in [-0.4, -0.2) is 22.2 Å². The third-order valence-electron chi connectivity index (χ3n) is 4.96. The third-order valence-corrected chi connectivity index (χ3v) is 7.19. The molecule has 0 aliphatic rings. The summed E-state index contributed by atoms with van der Waals surface area (Å²) in [7, 11) is 0. The van der Waals surface area contributed by atoms with E-state index in [2.05, 4.69) is 0 Å². The number of carboxylic acid groups (broad SMARTS) is 2. The van der Waals surface area contributed by atoms with Crippen LogP contribution in [0.3, 0.4) is 0 Å². The summed E-state index contributed by atoms with van der Waals surface area (Å²) in [6, 6.07) is 12.0. The van der Waals surface area contributed by atoms with E-state index in [-0.39, 0.29) is 22.0 Å². The molecule has 0 fully saturated rings. The maximum absolute atomic E-state index is 13.0. The number of benzene rings is 3. The minimum atomic E-state index is -1.07. The second-order valence-electron chi connectivity index (χ2n) is 6.74. The van der Waals surface area contributed by atoms with Gasteiger partial charge in [-0.25, -0.2) is 9.59 Å². The average molecular weight is 434 g/mol. The molecule has 5 rings (SSSR count). The highest BCUT2D eigenvalue weighted by Gasteiger charge is 2.14. The first-order valence-corrected chi connectivity index (χ1v) is 10.3. The summed E-state index contributed by atoms with van der Waals surface area (Å²) in [6.45, 7) is 0. The zero-order chi connectivity index (χ0) is 21.2. The van der Waals surface area contributed by atoms with E-state index in [9.17, 15) is 29.4 Å². The van der Waals surface area contributed by atoms with Gasteiger partial charge in [-0.05, 0) is 48.5 Å². The van der Waals surface area contributed by atoms with Crippen LogP contribution in [0.4, 0.5) is 0 Å². The van der Waals surface area contributed by atoms with Crippen molar-refractivity contribution in [3.63, 3.8) is 0 Å². The Balaban J connectivity index is 1.90. The highest BCUT2D eigenvalue weighted by Crippen LogP contribution is 2.32. The molecule has 0 spiro atoms. The van der Waals surface area contributed by atoms with Crippen molar-refractivity contribution in [1.29, 1.82) is 0 Å². The minimum absolute atomic E-state index is 0.0927. The number of carbonyl (C=O) groups is 2. The Hall–Kier alpha value is -3.62. The molecular formula is C22H10O6S2. The van der Waals surface area contributed by atoms with Crippen LogP contribution in [0.25, 0.3) is 40.3 Å². The second kappa shape index (κ2) is 6.45. The van der Waals surface area contributed by atoms with E-state index in [0.29, 0.717) is 40.3 Å². The molecule has 6 nitrogen and oxygen atoms in total. The Labute approximate surface area is 174 Å². The standard InChI is InChI=1S/C22H10O6S2/c23-19-11-3-1-9(21(25)26)5-15(11)29-17-8-18-14(7-13(17)19)20(24)12-4-2-10(22(27)28)6-16(12)30-18/h1-8H,(H,25,26)(H,27,28). The molecule has 0 atom stereocenters. The topological polar surface area (TPSA) is 109 Å². The lowest BCUT2D eigenvalue weighted by molar-refractivity contribution is 0.0686. The molecule has 5 aromatic rings. The summed E-state index contributed by atoms with van der Waals surface area (Å²) in [6.07, 6.45) is 0. The van der Waals surface area contributed by atoms with Gasteiger partial charge < -0.3 is 10.2 Å². The van der Waals surface area contributed by atoms with Gasteiger partial charge in [0.2, 0.25) is 0 Å². The van der Waals surface area contributed by atoms with Gasteiger partial charge in [-0.1, -0.05) is 0 Å². The van der Waals surface area contributed by atoms with Crippen molar-refractivity contribution < 1.29 is 19.8 Å². The molecule has 0 amide bonds. The van der Waals surface area contributed by atoms with Crippen molar-refractivity contribution >= 4 is 75.0 Å². The predicted octanol–water partition coefficient (Wildman–Crippen LogP) is 4.54. The first kappa shape index (κ1) is 18.4. The van der Waals surface area contributed by atoms with Crippen LogP contribution in [0, 0.1) is 0 Å². The molecule has 2 heterocycles. The lowest BCUT2D eigenvalue weighted by atomic mass is 10.1. The molecular weight excluding hydrogens is 424 g/mol. The first-order chi connectivity index (χ1) is 14.3. The second-order valence-corrected chi connectivity index (χ2v) is 8.91. The van der Waals surface area contributed by atoms with E-state index < -0.39 is 11.9 Å². The quantitative estimate of drug-likeness (QED) is 0.395. The summed E-state index contributed by atoms with van der Waals surface area (Å²) in [5, 5.41) is 20.0. The number of hydrogen-bond acceptors (Lipinski definition) is 6. The molecule has 0 radical (unpaired) electrons. The smallest absolute Gasteiger partial charge is 0.335 e. The van der Waals surface area contributed by atoms with Crippen LogP contribution in [0.5, 0.6) is 0 Å². The van der Waals surface area contributed by atoms with Gasteiger partial charge in [0.25, 0.3) is 0 Å². The number of fused-ring (bicyclic) bond motifs is 4. The van der Waals surface area contributed by atoms with Crippen LogP contribution in [0.15, 0.2) is 58.1 Å². The maximum Gasteiger partial charge on any atom is 0.335 e. The molecule has 8 heteroatoms. The fourth-order valence-electron chi connectivity index (χ4n) is 3.47. The summed E-state index contributed by atoms with van der Waals surface area (Å²) in [5.41, 5.74) is -0.336. The summed E-state index contributed by atoms with van der Waals surface area (Å²) in [4.78, 5) is 48.5. The monoisotopic (exact) mass is 434 g/mol. The van der Waals surface area contributed by atoms with E-state index in [0.717, 1.165) is 0 Å². The van der Waals surface area contributed by atoms with Gasteiger partial charge in [-0.15, -0.1) is 22.7 Å². The fraction of sp³-hybridized carbons (Fsp3) is 0. The molecule has 30 heavy (non-hydrogen) atoms. The lowest BCUT2D eigenvalue weighted by Gasteiger charge is -2.06. The van der Waals surface area contributed by atoms with Crippen LogP contribution < -0.4 is 10.9 Å². The van der Waals surface area contributed by atoms with E-state index in [1.807, 2.05) is 0 Å². The highest BCUT2D eigenvalue weighted by molar-refractivity contribution is 7.26. The number of rotatable bonds is 2. The summed E-state index contributed by atoms with van der Waals surface area (Å²) in [5.74, 6) is -2.15. The summed E-state index contributed by atoms with van der Waals surface area (Å²) >= 11 is 2.56. The Morgan fingerprint density at radius 3 is 1.37 bits per heavy atom. The fourth-order valence-corrected chi connectivity index (χ4v) is 5.81. The lowest BCUT2D eigenvalue weighted by Crippen LogP contribution is -2.06. The van der Waals surface area contributed by atoms with Gasteiger partial charge >= 0.3 is 11.9 Å². The van der Waals surface area contributed by atoms with Crippen LogP contribution in [0.1, 0.15) is 20.7 Å². The van der Waals surface area contributed by atoms with Gasteiger partial charge in [0, 0.05) is 40.3 Å². The molecule has 0 aliphatic heterocycles. The van der Waals surface area contributed by atoms with Gasteiger partial charge in [0.05, 0.1) is 11.1 Å². The SMILES string of the molecule is O=C(O)c1ccc2c(=O)c3cc4c(=O)c5ccc(C(=O)O)cc5sc4cc3sc2c1. The molecule has 0 aliphatic carbocycles. The normalized spacial score (nSPS) is 11.5. The molecule has 146 valence electrons. The number of aromatic carboxylic acids is 2. The Morgan fingerprint density at radius 2 is 0.967 bits per heavy atom. The Kier molecular flexibility index (Phi) is 3.96. The Bertz CT molecular complexity index is 1570. The first-order valence-electron chi connectivity index (χ1n) is 8.71. The Morgan fingerprint density at radius 1 is 0.567 bits per heavy atom. The molecule has 0 bridgehead atoms. The summed E-state index contributed by atoms with van der Waals surface area (Å²) < 4.78 is 2.36. The van der Waals surface area contributed by atoms with Crippen LogP contribution >= 0.6 is 22.7 Å². The van der Waals surface area contributed by atoms with Crippen molar-refractivity contribution in [2.45, 2.75) is 0 Å². The van der Waals surface area contributed by atoms with E-state index in [1.165, 1.54) is 59.1 Å². The van der Waals surface area contributed by atoms with E-state index in [1.54, 1.807) is 12.1 Å². The highest BCUT2D eigenvalue weighted by atomic mass is 32.1. The van der Waals surface area contributed by atoms with E-state index in [4.69, 9.17) is 0 Å². The molecule has 3 aromatic carbocycles. The molecule has 0 saturated carbocycles. The third kappa shape index (κ3) is 2.69. The molecule has 0 saturated heterocycles. The van der Waals surface area contributed by atoms with Gasteiger partial charge in [-0.2, -0.15) is 0 Å². The van der Waals surface area contributed by atoms with Gasteiger partial charge in [0.1, 0.15) is 0 Å². The van der Waals surface area contributed by atoms with Crippen molar-refractivity contribution in [2.75, 3.05) is 0 Å². The zero-order valence-corrected chi connectivity index (χ0v) is 16.6. The number of carboxylic acids is 2. The minimum Gasteiger partial charge on any atom is -0.478 e. The largest absolute Gasteiger partial charge is 0.478 e.